The molecule has 2 amide bonds. The molecule has 0 unspecified atom stereocenters. The van der Waals surface area contributed by atoms with Gasteiger partial charge in [-0.2, -0.15) is 5.10 Å². The molecule has 0 aliphatic heterocycles. The van der Waals surface area contributed by atoms with Gasteiger partial charge in [0.15, 0.2) is 5.69 Å². The lowest BCUT2D eigenvalue weighted by molar-refractivity contribution is 0.0843. The minimum atomic E-state index is -3.62. The Balaban J connectivity index is 1.50. The van der Waals surface area contributed by atoms with E-state index in [0.717, 1.165) is 12.8 Å². The van der Waals surface area contributed by atoms with Crippen molar-refractivity contribution in [1.29, 1.82) is 0 Å². The molecule has 10 nitrogen and oxygen atoms in total. The lowest BCUT2D eigenvalue weighted by Gasteiger charge is -2.14. The summed E-state index contributed by atoms with van der Waals surface area (Å²) in [6.45, 7) is 3.55. The number of sulfonamides is 1. The Kier molecular flexibility index (Phi) is 6.00. The predicted molar refractivity (Wildman–Crippen MR) is 121 cm³/mol. The van der Waals surface area contributed by atoms with Gasteiger partial charge >= 0.3 is 0 Å². The highest BCUT2D eigenvalue weighted by Gasteiger charge is 2.28. The predicted octanol–water partition coefficient (Wildman–Crippen LogP) is 1.49. The fourth-order valence-corrected chi connectivity index (χ4v) is 4.55. The van der Waals surface area contributed by atoms with E-state index in [1.807, 2.05) is 0 Å². The van der Waals surface area contributed by atoms with E-state index in [4.69, 9.17) is 0 Å². The highest BCUT2D eigenvalue weighted by atomic mass is 32.2. The molecule has 1 heterocycles. The number of aromatic nitrogens is 2. The zero-order valence-electron chi connectivity index (χ0n) is 18.0. The first-order chi connectivity index (χ1) is 15.7. The summed E-state index contributed by atoms with van der Waals surface area (Å²) < 4.78 is 28.3. The second-order valence-corrected chi connectivity index (χ2v) is 9.78. The van der Waals surface area contributed by atoms with Crippen LogP contribution in [0.25, 0.3) is 10.8 Å². The molecule has 11 heteroatoms. The molecule has 0 spiro atoms. The van der Waals surface area contributed by atoms with Gasteiger partial charge in [-0.3, -0.25) is 25.2 Å². The quantitative estimate of drug-likeness (QED) is 0.468. The zero-order valence-corrected chi connectivity index (χ0v) is 18.8. The number of carbonyl (C=O) groups excluding carboxylic acids is 2. The number of rotatable bonds is 6. The van der Waals surface area contributed by atoms with Gasteiger partial charge in [0.05, 0.1) is 16.3 Å². The highest BCUT2D eigenvalue weighted by Crippen LogP contribution is 2.22. The minimum absolute atomic E-state index is 0.00760. The molecule has 1 fully saturated rings. The molecular weight excluding hydrogens is 446 g/mol. The number of hydrogen-bond acceptors (Lipinski definition) is 6. The molecule has 3 aromatic rings. The van der Waals surface area contributed by atoms with Gasteiger partial charge in [-0.15, -0.1) is 0 Å². The van der Waals surface area contributed by atoms with Gasteiger partial charge in [-0.25, -0.2) is 17.8 Å². The standard InChI is InChI=1S/C22H23N5O5S/c1-13(2)27-22(30)18-6-4-3-5-17(18)19(25-27)21(29)24-23-20(28)14-7-11-16(12-8-14)33(31,32)26-15-9-10-15/h3-8,11-13,15,26H,9-10H2,1-2H3,(H,23,28)(H,24,29). The van der Waals surface area contributed by atoms with Crippen LogP contribution in [0.1, 0.15) is 53.6 Å². The molecule has 1 aliphatic rings. The summed E-state index contributed by atoms with van der Waals surface area (Å²) in [5.41, 5.74) is 4.44. The molecule has 4 rings (SSSR count). The molecular formula is C22H23N5O5S. The van der Waals surface area contributed by atoms with Crippen LogP contribution in [0.2, 0.25) is 0 Å². The third kappa shape index (κ3) is 4.78. The van der Waals surface area contributed by atoms with Crippen molar-refractivity contribution in [3.05, 3.63) is 70.1 Å². The third-order valence-electron chi connectivity index (χ3n) is 5.15. The van der Waals surface area contributed by atoms with Crippen LogP contribution in [-0.4, -0.2) is 36.1 Å². The average Bonchev–Trinajstić information content (AvgIpc) is 3.61. The number of hydrogen-bond donors (Lipinski definition) is 3. The maximum absolute atomic E-state index is 12.8. The van der Waals surface area contributed by atoms with Crippen molar-refractivity contribution in [2.45, 2.75) is 43.7 Å². The minimum Gasteiger partial charge on any atom is -0.267 e. The van der Waals surface area contributed by atoms with Gasteiger partial charge in [0.1, 0.15) is 0 Å². The first kappa shape index (κ1) is 22.6. The van der Waals surface area contributed by atoms with Crippen molar-refractivity contribution in [3.8, 4) is 0 Å². The van der Waals surface area contributed by atoms with Gasteiger partial charge in [-0.05, 0) is 57.0 Å². The van der Waals surface area contributed by atoms with Crippen molar-refractivity contribution < 1.29 is 18.0 Å². The van der Waals surface area contributed by atoms with Gasteiger partial charge < -0.3 is 0 Å². The van der Waals surface area contributed by atoms with Crippen LogP contribution in [0.5, 0.6) is 0 Å². The number of nitrogens with zero attached hydrogens (tertiary/aromatic N) is 2. The summed E-state index contributed by atoms with van der Waals surface area (Å²) in [7, 11) is -3.62. The maximum Gasteiger partial charge on any atom is 0.290 e. The fourth-order valence-electron chi connectivity index (χ4n) is 3.24. The van der Waals surface area contributed by atoms with E-state index in [0.29, 0.717) is 10.8 Å². The van der Waals surface area contributed by atoms with Gasteiger partial charge in [0.25, 0.3) is 17.4 Å². The second-order valence-electron chi connectivity index (χ2n) is 8.07. The SMILES string of the molecule is CC(C)n1nc(C(=O)NNC(=O)c2ccc(S(=O)(=O)NC3CC3)cc2)c2ccccc2c1=O. The fraction of sp³-hybridized carbons (Fsp3) is 0.273. The molecule has 1 aliphatic carbocycles. The number of amides is 2. The van der Waals surface area contributed by atoms with Gasteiger partial charge in [0.2, 0.25) is 10.0 Å². The largest absolute Gasteiger partial charge is 0.290 e. The number of fused-ring (bicyclic) bond motifs is 1. The van der Waals surface area contributed by atoms with Gasteiger partial charge in [0, 0.05) is 17.0 Å². The Morgan fingerprint density at radius 2 is 1.58 bits per heavy atom. The monoisotopic (exact) mass is 469 g/mol. The molecule has 0 radical (unpaired) electrons. The molecule has 0 saturated heterocycles. The molecule has 0 atom stereocenters. The number of nitrogens with one attached hydrogen (secondary N) is 3. The van der Waals surface area contributed by atoms with E-state index in [2.05, 4.69) is 20.7 Å². The average molecular weight is 470 g/mol. The lowest BCUT2D eigenvalue weighted by Crippen LogP contribution is -2.43. The van der Waals surface area contributed by atoms with Crippen LogP contribution in [0.3, 0.4) is 0 Å². The van der Waals surface area contributed by atoms with Gasteiger partial charge in [-0.1, -0.05) is 18.2 Å². The van der Waals surface area contributed by atoms with Crippen molar-refractivity contribution in [2.24, 2.45) is 0 Å². The molecule has 172 valence electrons. The van der Waals surface area contributed by atoms with Crippen LogP contribution in [0, 0.1) is 0 Å². The molecule has 1 aromatic heterocycles. The molecule has 2 aromatic carbocycles. The Morgan fingerprint density at radius 3 is 2.18 bits per heavy atom. The normalized spacial score (nSPS) is 13.8. The number of benzene rings is 2. The molecule has 33 heavy (non-hydrogen) atoms. The summed E-state index contributed by atoms with van der Waals surface area (Å²) in [5.74, 6) is -1.33. The number of hydrazine groups is 1. The summed E-state index contributed by atoms with van der Waals surface area (Å²) in [5, 5.41) is 4.89. The Bertz CT molecular complexity index is 1390. The maximum atomic E-state index is 12.8. The van der Waals surface area contributed by atoms with Crippen molar-refractivity contribution >= 4 is 32.6 Å². The summed E-state index contributed by atoms with van der Waals surface area (Å²) >= 11 is 0. The molecule has 3 N–H and O–H groups in total. The van der Waals surface area contributed by atoms with Crippen LogP contribution in [0.15, 0.2) is 58.2 Å². The lowest BCUT2D eigenvalue weighted by atomic mass is 10.1. The topological polar surface area (TPSA) is 139 Å². The first-order valence-corrected chi connectivity index (χ1v) is 11.9. The highest BCUT2D eigenvalue weighted by molar-refractivity contribution is 7.89. The Labute approximate surface area is 190 Å². The molecule has 1 saturated carbocycles. The van der Waals surface area contributed by atoms with Crippen molar-refractivity contribution in [3.63, 3.8) is 0 Å². The number of carbonyl (C=O) groups is 2. The van der Waals surface area contributed by atoms with Crippen LogP contribution in [0.4, 0.5) is 0 Å². The first-order valence-electron chi connectivity index (χ1n) is 10.4. The van der Waals surface area contributed by atoms with Crippen LogP contribution < -0.4 is 21.1 Å². The Morgan fingerprint density at radius 1 is 0.970 bits per heavy atom. The van der Waals surface area contributed by atoms with Crippen LogP contribution >= 0.6 is 0 Å². The summed E-state index contributed by atoms with van der Waals surface area (Å²) in [6.07, 6.45) is 1.64. The van der Waals surface area contributed by atoms with Crippen LogP contribution in [-0.2, 0) is 10.0 Å². The van der Waals surface area contributed by atoms with E-state index in [9.17, 15) is 22.8 Å². The smallest absolute Gasteiger partial charge is 0.267 e. The van der Waals surface area contributed by atoms with E-state index in [1.54, 1.807) is 38.1 Å². The van der Waals surface area contributed by atoms with Crippen molar-refractivity contribution in [1.82, 2.24) is 25.4 Å². The Hall–Kier alpha value is -3.57. The van der Waals surface area contributed by atoms with E-state index in [-0.39, 0.29) is 33.8 Å². The summed E-state index contributed by atoms with van der Waals surface area (Å²) in [4.78, 5) is 37.9. The second kappa shape index (κ2) is 8.75. The van der Waals surface area contributed by atoms with E-state index in [1.165, 1.54) is 28.9 Å². The third-order valence-corrected chi connectivity index (χ3v) is 6.68. The molecule has 0 bridgehead atoms. The van der Waals surface area contributed by atoms with Crippen molar-refractivity contribution in [2.75, 3.05) is 0 Å². The zero-order chi connectivity index (χ0) is 23.8. The summed E-state index contributed by atoms with van der Waals surface area (Å²) in [6, 6.07) is 11.7. The van der Waals surface area contributed by atoms with E-state index < -0.39 is 21.8 Å². The van der Waals surface area contributed by atoms with E-state index >= 15 is 0 Å².